The molecule has 0 N–H and O–H groups in total. The standard InChI is InChI=1S/C16H17NO2/c17-11-12-2-1-3-13(8-12)15-4-5-16(10-14(15)9-15)18-6-7-19-16/h1-3,8,14H,4-7,9-10H2/t14-,15-/m1/s1. The average Bonchev–Trinajstić information content (AvgIpc) is 3.01. The Morgan fingerprint density at radius 3 is 2.74 bits per heavy atom. The van der Waals surface area contributed by atoms with Gasteiger partial charge in [0.15, 0.2) is 5.79 Å². The van der Waals surface area contributed by atoms with Crippen LogP contribution in [0.15, 0.2) is 24.3 Å². The van der Waals surface area contributed by atoms with Crippen LogP contribution >= 0.6 is 0 Å². The van der Waals surface area contributed by atoms with Crippen LogP contribution in [0.5, 0.6) is 0 Å². The predicted molar refractivity (Wildman–Crippen MR) is 69.4 cm³/mol. The van der Waals surface area contributed by atoms with Gasteiger partial charge in [-0.05, 0) is 41.9 Å². The lowest BCUT2D eigenvalue weighted by atomic mass is 9.79. The summed E-state index contributed by atoms with van der Waals surface area (Å²) in [6.07, 6.45) is 4.34. The Hall–Kier alpha value is -1.37. The Bertz CT molecular complexity index is 556. The third kappa shape index (κ3) is 1.64. The lowest BCUT2D eigenvalue weighted by Gasteiger charge is -2.35. The molecular weight excluding hydrogens is 238 g/mol. The summed E-state index contributed by atoms with van der Waals surface area (Å²) < 4.78 is 11.7. The second kappa shape index (κ2) is 3.82. The number of nitrogens with zero attached hydrogens (tertiary/aromatic N) is 1. The third-order valence-electron chi connectivity index (χ3n) is 5.12. The van der Waals surface area contributed by atoms with E-state index >= 15 is 0 Å². The Morgan fingerprint density at radius 2 is 2.00 bits per heavy atom. The molecule has 3 fully saturated rings. The van der Waals surface area contributed by atoms with E-state index < -0.39 is 0 Å². The van der Waals surface area contributed by atoms with Crippen molar-refractivity contribution < 1.29 is 9.47 Å². The molecule has 3 heteroatoms. The van der Waals surface area contributed by atoms with E-state index in [0.717, 1.165) is 38.0 Å². The zero-order valence-electron chi connectivity index (χ0n) is 10.9. The van der Waals surface area contributed by atoms with Crippen molar-refractivity contribution in [3.63, 3.8) is 0 Å². The van der Waals surface area contributed by atoms with Crippen molar-refractivity contribution >= 4 is 0 Å². The van der Waals surface area contributed by atoms with E-state index in [0.29, 0.717) is 11.3 Å². The average molecular weight is 255 g/mol. The number of fused-ring (bicyclic) bond motifs is 1. The van der Waals surface area contributed by atoms with E-state index in [4.69, 9.17) is 14.7 Å². The molecule has 1 aliphatic heterocycles. The van der Waals surface area contributed by atoms with Gasteiger partial charge < -0.3 is 9.47 Å². The molecular formula is C16H17NO2. The van der Waals surface area contributed by atoms with Gasteiger partial charge in [0.25, 0.3) is 0 Å². The van der Waals surface area contributed by atoms with Crippen LogP contribution < -0.4 is 0 Å². The lowest BCUT2D eigenvalue weighted by molar-refractivity contribution is -0.180. The van der Waals surface area contributed by atoms with Gasteiger partial charge in [-0.1, -0.05) is 12.1 Å². The van der Waals surface area contributed by atoms with E-state index in [2.05, 4.69) is 18.2 Å². The molecule has 98 valence electrons. The van der Waals surface area contributed by atoms with Crippen molar-refractivity contribution in [1.29, 1.82) is 5.26 Å². The largest absolute Gasteiger partial charge is 0.348 e. The maximum Gasteiger partial charge on any atom is 0.168 e. The van der Waals surface area contributed by atoms with Crippen LogP contribution in [0.3, 0.4) is 0 Å². The molecule has 1 saturated heterocycles. The summed E-state index contributed by atoms with van der Waals surface area (Å²) in [6.45, 7) is 1.48. The molecule has 0 amide bonds. The van der Waals surface area contributed by atoms with Gasteiger partial charge >= 0.3 is 0 Å². The van der Waals surface area contributed by atoms with Crippen molar-refractivity contribution in [3.8, 4) is 6.07 Å². The summed E-state index contributed by atoms with van der Waals surface area (Å²) in [4.78, 5) is 0. The van der Waals surface area contributed by atoms with Gasteiger partial charge in [-0.15, -0.1) is 0 Å². The quantitative estimate of drug-likeness (QED) is 0.775. The fourth-order valence-electron chi connectivity index (χ4n) is 4.00. The summed E-state index contributed by atoms with van der Waals surface area (Å²) in [5.74, 6) is 0.380. The molecule has 19 heavy (non-hydrogen) atoms. The third-order valence-corrected chi connectivity index (χ3v) is 5.12. The molecule has 2 atom stereocenters. The van der Waals surface area contributed by atoms with Gasteiger partial charge in [-0.3, -0.25) is 0 Å². The summed E-state index contributed by atoms with van der Waals surface area (Å²) in [7, 11) is 0. The number of benzene rings is 1. The first-order valence-electron chi connectivity index (χ1n) is 7.05. The highest BCUT2D eigenvalue weighted by molar-refractivity contribution is 5.41. The van der Waals surface area contributed by atoms with Crippen molar-refractivity contribution in [1.82, 2.24) is 0 Å². The van der Waals surface area contributed by atoms with Crippen molar-refractivity contribution in [2.24, 2.45) is 5.92 Å². The summed E-state index contributed by atoms with van der Waals surface area (Å²) in [5, 5.41) is 9.04. The molecule has 2 aliphatic carbocycles. The summed E-state index contributed by atoms with van der Waals surface area (Å²) in [6, 6.07) is 10.4. The molecule has 3 nitrogen and oxygen atoms in total. The highest BCUT2D eigenvalue weighted by Gasteiger charge is 2.62. The summed E-state index contributed by atoms with van der Waals surface area (Å²) in [5.41, 5.74) is 2.41. The van der Waals surface area contributed by atoms with Gasteiger partial charge in [0.2, 0.25) is 0 Å². The van der Waals surface area contributed by atoms with E-state index in [9.17, 15) is 0 Å². The fourth-order valence-corrected chi connectivity index (χ4v) is 4.00. The number of nitriles is 1. The molecule has 2 saturated carbocycles. The highest BCUT2D eigenvalue weighted by Crippen LogP contribution is 2.65. The van der Waals surface area contributed by atoms with Crippen LogP contribution in [0, 0.1) is 17.2 Å². The molecule has 3 aliphatic rings. The van der Waals surface area contributed by atoms with Crippen LogP contribution in [-0.4, -0.2) is 19.0 Å². The van der Waals surface area contributed by atoms with E-state index in [1.54, 1.807) is 0 Å². The Kier molecular flexibility index (Phi) is 2.30. The van der Waals surface area contributed by atoms with Crippen LogP contribution in [0.2, 0.25) is 0 Å². The minimum absolute atomic E-state index is 0.280. The first-order chi connectivity index (χ1) is 9.26. The maximum atomic E-state index is 9.04. The van der Waals surface area contributed by atoms with Crippen LogP contribution in [0.4, 0.5) is 0 Å². The lowest BCUT2D eigenvalue weighted by Crippen LogP contribution is -2.37. The van der Waals surface area contributed by atoms with E-state index in [-0.39, 0.29) is 5.79 Å². The maximum absolute atomic E-state index is 9.04. The van der Waals surface area contributed by atoms with Crippen LogP contribution in [0.1, 0.15) is 36.8 Å². The van der Waals surface area contributed by atoms with E-state index in [1.807, 2.05) is 12.1 Å². The normalized spacial score (nSPS) is 34.8. The number of ether oxygens (including phenoxy) is 2. The van der Waals surface area contributed by atoms with Crippen molar-refractivity contribution in [3.05, 3.63) is 35.4 Å². The van der Waals surface area contributed by atoms with Crippen LogP contribution in [0.25, 0.3) is 0 Å². The number of rotatable bonds is 1. The second-order valence-corrected chi connectivity index (χ2v) is 6.06. The van der Waals surface area contributed by atoms with Gasteiger partial charge in [-0.25, -0.2) is 0 Å². The topological polar surface area (TPSA) is 42.2 Å². The Morgan fingerprint density at radius 1 is 1.16 bits per heavy atom. The highest BCUT2D eigenvalue weighted by atomic mass is 16.7. The Balaban J connectivity index is 1.60. The molecule has 1 aromatic carbocycles. The number of hydrogen-bond donors (Lipinski definition) is 0. The van der Waals surface area contributed by atoms with Crippen LogP contribution in [-0.2, 0) is 14.9 Å². The van der Waals surface area contributed by atoms with Gasteiger partial charge in [0.05, 0.1) is 24.8 Å². The molecule has 1 heterocycles. The zero-order valence-corrected chi connectivity index (χ0v) is 10.9. The minimum atomic E-state index is -0.280. The molecule has 0 bridgehead atoms. The van der Waals surface area contributed by atoms with Crippen molar-refractivity contribution in [2.45, 2.75) is 36.9 Å². The van der Waals surface area contributed by atoms with Crippen molar-refractivity contribution in [2.75, 3.05) is 13.2 Å². The minimum Gasteiger partial charge on any atom is -0.348 e. The molecule has 1 aromatic rings. The monoisotopic (exact) mass is 255 g/mol. The van der Waals surface area contributed by atoms with Gasteiger partial charge in [0, 0.05) is 12.8 Å². The zero-order chi connectivity index (χ0) is 12.9. The second-order valence-electron chi connectivity index (χ2n) is 6.06. The SMILES string of the molecule is N#Cc1cccc([C@]23CCC4(C[C@H]2C3)OCCO4)c1. The molecule has 1 spiro atoms. The fraction of sp³-hybridized carbons (Fsp3) is 0.562. The molecule has 0 unspecified atom stereocenters. The smallest absolute Gasteiger partial charge is 0.168 e. The number of hydrogen-bond acceptors (Lipinski definition) is 3. The molecule has 4 rings (SSSR count). The van der Waals surface area contributed by atoms with E-state index in [1.165, 1.54) is 12.0 Å². The molecule has 0 aromatic heterocycles. The Labute approximate surface area is 113 Å². The molecule has 0 radical (unpaired) electrons. The first-order valence-corrected chi connectivity index (χ1v) is 7.05. The van der Waals surface area contributed by atoms with Gasteiger partial charge in [0.1, 0.15) is 0 Å². The first kappa shape index (κ1) is 11.5. The summed E-state index contributed by atoms with van der Waals surface area (Å²) >= 11 is 0. The predicted octanol–water partition coefficient (Wildman–Crippen LogP) is 2.74. The van der Waals surface area contributed by atoms with Gasteiger partial charge in [-0.2, -0.15) is 5.26 Å².